The minimum Gasteiger partial charge on any atom is -0.367 e. The van der Waals surface area contributed by atoms with Gasteiger partial charge in [0.1, 0.15) is 5.82 Å². The molecular formula is C19H22N6. The van der Waals surface area contributed by atoms with Crippen LogP contribution in [0.1, 0.15) is 32.8 Å². The lowest BCUT2D eigenvalue weighted by Gasteiger charge is -2.15. The van der Waals surface area contributed by atoms with Crippen molar-refractivity contribution in [1.82, 2.24) is 19.7 Å². The van der Waals surface area contributed by atoms with E-state index >= 15 is 0 Å². The molecule has 0 saturated carbocycles. The Kier molecular flexibility index (Phi) is 4.88. The SMILES string of the molecule is CCC(=N)c1ccc(-c2ccnn2-c2ccccn2)nc1NC(C)C. The molecule has 0 saturated heterocycles. The van der Waals surface area contributed by atoms with Gasteiger partial charge in [-0.1, -0.05) is 13.0 Å². The Labute approximate surface area is 147 Å². The van der Waals surface area contributed by atoms with E-state index in [-0.39, 0.29) is 6.04 Å². The number of aromatic nitrogens is 4. The average molecular weight is 334 g/mol. The van der Waals surface area contributed by atoms with Gasteiger partial charge in [-0.15, -0.1) is 0 Å². The van der Waals surface area contributed by atoms with Crippen molar-refractivity contribution in [1.29, 1.82) is 5.41 Å². The number of hydrogen-bond acceptors (Lipinski definition) is 5. The average Bonchev–Trinajstić information content (AvgIpc) is 3.11. The predicted octanol–water partition coefficient (Wildman–Crippen LogP) is 3.93. The molecule has 0 aliphatic heterocycles. The fourth-order valence-corrected chi connectivity index (χ4v) is 2.58. The summed E-state index contributed by atoms with van der Waals surface area (Å²) in [5.74, 6) is 1.47. The standard InChI is InChI=1S/C19H22N6/c1-4-15(20)14-8-9-16(24-19(14)23-13(2)3)17-10-12-22-25(17)18-7-5-6-11-21-18/h5-13,20H,4H2,1-3H3,(H,23,24). The van der Waals surface area contributed by atoms with Crippen LogP contribution in [-0.2, 0) is 0 Å². The van der Waals surface area contributed by atoms with Gasteiger partial charge < -0.3 is 10.7 Å². The Morgan fingerprint density at radius 1 is 1.16 bits per heavy atom. The summed E-state index contributed by atoms with van der Waals surface area (Å²) < 4.78 is 1.77. The van der Waals surface area contributed by atoms with E-state index in [2.05, 4.69) is 29.2 Å². The first-order valence-corrected chi connectivity index (χ1v) is 8.41. The van der Waals surface area contributed by atoms with Crippen LogP contribution in [0.25, 0.3) is 17.2 Å². The summed E-state index contributed by atoms with van der Waals surface area (Å²) in [6.45, 7) is 6.10. The highest BCUT2D eigenvalue weighted by Gasteiger charge is 2.14. The third-order valence-corrected chi connectivity index (χ3v) is 3.77. The van der Waals surface area contributed by atoms with Crippen molar-refractivity contribution in [2.75, 3.05) is 5.32 Å². The van der Waals surface area contributed by atoms with Crippen LogP contribution < -0.4 is 5.32 Å². The van der Waals surface area contributed by atoms with Crippen molar-refractivity contribution in [2.24, 2.45) is 0 Å². The smallest absolute Gasteiger partial charge is 0.154 e. The highest BCUT2D eigenvalue weighted by Crippen LogP contribution is 2.24. The summed E-state index contributed by atoms with van der Waals surface area (Å²) in [5, 5.41) is 15.9. The van der Waals surface area contributed by atoms with Gasteiger partial charge in [0.15, 0.2) is 5.82 Å². The molecule has 0 fully saturated rings. The van der Waals surface area contributed by atoms with Crippen molar-refractivity contribution in [3.63, 3.8) is 0 Å². The second kappa shape index (κ2) is 7.25. The molecule has 0 aliphatic carbocycles. The first-order chi connectivity index (χ1) is 12.1. The molecule has 0 unspecified atom stereocenters. The Bertz CT molecular complexity index is 867. The van der Waals surface area contributed by atoms with Gasteiger partial charge in [0, 0.05) is 23.5 Å². The summed E-state index contributed by atoms with van der Waals surface area (Å²) in [6, 6.07) is 11.7. The zero-order valence-electron chi connectivity index (χ0n) is 14.7. The molecule has 3 aromatic rings. The molecule has 25 heavy (non-hydrogen) atoms. The monoisotopic (exact) mass is 334 g/mol. The Morgan fingerprint density at radius 2 is 2.00 bits per heavy atom. The molecule has 0 atom stereocenters. The zero-order valence-corrected chi connectivity index (χ0v) is 14.7. The molecular weight excluding hydrogens is 312 g/mol. The van der Waals surface area contributed by atoms with Crippen LogP contribution in [0.15, 0.2) is 48.8 Å². The van der Waals surface area contributed by atoms with E-state index in [1.54, 1.807) is 17.1 Å². The highest BCUT2D eigenvalue weighted by atomic mass is 15.3. The quantitative estimate of drug-likeness (QED) is 0.669. The lowest BCUT2D eigenvalue weighted by Crippen LogP contribution is -2.15. The van der Waals surface area contributed by atoms with Crippen LogP contribution in [0, 0.1) is 5.41 Å². The van der Waals surface area contributed by atoms with Crippen LogP contribution in [0.5, 0.6) is 0 Å². The van der Waals surface area contributed by atoms with E-state index in [1.807, 2.05) is 43.3 Å². The normalized spacial score (nSPS) is 10.9. The topological polar surface area (TPSA) is 79.5 Å². The van der Waals surface area contributed by atoms with Gasteiger partial charge in [-0.2, -0.15) is 5.10 Å². The molecule has 0 aromatic carbocycles. The fraction of sp³-hybridized carbons (Fsp3) is 0.263. The third-order valence-electron chi connectivity index (χ3n) is 3.77. The van der Waals surface area contributed by atoms with E-state index in [1.165, 1.54) is 0 Å². The van der Waals surface area contributed by atoms with E-state index in [9.17, 15) is 0 Å². The summed E-state index contributed by atoms with van der Waals surface area (Å²) in [5.41, 5.74) is 3.06. The molecule has 3 heterocycles. The number of hydrogen-bond donors (Lipinski definition) is 2. The minimum atomic E-state index is 0.229. The minimum absolute atomic E-state index is 0.229. The maximum atomic E-state index is 8.18. The van der Waals surface area contributed by atoms with Crippen LogP contribution in [0.4, 0.5) is 5.82 Å². The van der Waals surface area contributed by atoms with E-state index < -0.39 is 0 Å². The highest BCUT2D eigenvalue weighted by molar-refractivity contribution is 6.02. The molecule has 3 rings (SSSR count). The van der Waals surface area contributed by atoms with E-state index in [0.29, 0.717) is 12.1 Å². The molecule has 0 amide bonds. The number of nitrogens with one attached hydrogen (secondary N) is 2. The zero-order chi connectivity index (χ0) is 17.8. The van der Waals surface area contributed by atoms with Crippen molar-refractivity contribution < 1.29 is 0 Å². The van der Waals surface area contributed by atoms with Gasteiger partial charge in [-0.3, -0.25) is 0 Å². The Balaban J connectivity index is 2.07. The van der Waals surface area contributed by atoms with Gasteiger partial charge in [0.2, 0.25) is 0 Å². The van der Waals surface area contributed by atoms with E-state index in [4.69, 9.17) is 10.4 Å². The number of rotatable bonds is 6. The van der Waals surface area contributed by atoms with Crippen LogP contribution in [0.3, 0.4) is 0 Å². The lowest BCUT2D eigenvalue weighted by atomic mass is 10.1. The molecule has 0 radical (unpaired) electrons. The predicted molar refractivity (Wildman–Crippen MR) is 100 cm³/mol. The van der Waals surface area contributed by atoms with Crippen molar-refractivity contribution in [2.45, 2.75) is 33.2 Å². The van der Waals surface area contributed by atoms with Gasteiger partial charge >= 0.3 is 0 Å². The lowest BCUT2D eigenvalue weighted by molar-refractivity contribution is 0.849. The summed E-state index contributed by atoms with van der Waals surface area (Å²) >= 11 is 0. The maximum Gasteiger partial charge on any atom is 0.154 e. The third kappa shape index (κ3) is 3.57. The first kappa shape index (κ1) is 16.8. The van der Waals surface area contributed by atoms with E-state index in [0.717, 1.165) is 28.6 Å². The van der Waals surface area contributed by atoms with Crippen molar-refractivity contribution >= 4 is 11.5 Å². The van der Waals surface area contributed by atoms with Gasteiger partial charge in [-0.25, -0.2) is 14.6 Å². The molecule has 6 heteroatoms. The molecule has 0 bridgehead atoms. The first-order valence-electron chi connectivity index (χ1n) is 8.41. The van der Waals surface area contributed by atoms with Gasteiger partial charge in [0.25, 0.3) is 0 Å². The molecule has 3 aromatic heterocycles. The molecule has 0 aliphatic rings. The second-order valence-corrected chi connectivity index (χ2v) is 6.04. The Hall–Kier alpha value is -3.02. The number of pyridine rings is 2. The Morgan fingerprint density at radius 3 is 2.68 bits per heavy atom. The van der Waals surface area contributed by atoms with Crippen LogP contribution >= 0.6 is 0 Å². The van der Waals surface area contributed by atoms with Crippen LogP contribution in [0.2, 0.25) is 0 Å². The summed E-state index contributed by atoms with van der Waals surface area (Å²) in [6.07, 6.45) is 4.15. The molecule has 6 nitrogen and oxygen atoms in total. The maximum absolute atomic E-state index is 8.18. The number of nitrogens with zero attached hydrogens (tertiary/aromatic N) is 4. The fourth-order valence-electron chi connectivity index (χ4n) is 2.58. The van der Waals surface area contributed by atoms with Gasteiger partial charge in [-0.05, 0) is 50.6 Å². The second-order valence-electron chi connectivity index (χ2n) is 6.04. The summed E-state index contributed by atoms with van der Waals surface area (Å²) in [7, 11) is 0. The van der Waals surface area contributed by atoms with Crippen molar-refractivity contribution in [3.8, 4) is 17.2 Å². The summed E-state index contributed by atoms with van der Waals surface area (Å²) in [4.78, 5) is 9.13. The molecule has 0 spiro atoms. The molecule has 128 valence electrons. The molecule has 2 N–H and O–H groups in total. The largest absolute Gasteiger partial charge is 0.367 e. The van der Waals surface area contributed by atoms with Crippen LogP contribution in [-0.4, -0.2) is 31.5 Å². The number of anilines is 1. The van der Waals surface area contributed by atoms with Crippen molar-refractivity contribution in [3.05, 3.63) is 54.4 Å². The van der Waals surface area contributed by atoms with Gasteiger partial charge in [0.05, 0.1) is 17.6 Å².